The molecule has 5 nitrogen and oxygen atoms in total. The van der Waals surface area contributed by atoms with Crippen molar-refractivity contribution in [2.75, 3.05) is 13.6 Å². The first kappa shape index (κ1) is 10.7. The van der Waals surface area contributed by atoms with E-state index in [0.717, 1.165) is 19.3 Å². The Morgan fingerprint density at radius 1 is 1.24 bits per heavy atom. The Morgan fingerprint density at radius 3 is 2.24 bits per heavy atom. The number of fused-ring (bicyclic) bond motifs is 5. The number of rotatable bonds is 2. The predicted molar refractivity (Wildman–Crippen MR) is 58.6 cm³/mol. The van der Waals surface area contributed by atoms with Gasteiger partial charge in [-0.15, -0.1) is 0 Å². The van der Waals surface area contributed by atoms with Crippen molar-refractivity contribution in [3.05, 3.63) is 0 Å². The highest BCUT2D eigenvalue weighted by atomic mass is 16.2. The van der Waals surface area contributed by atoms with Crippen LogP contribution in [0.15, 0.2) is 0 Å². The third-order valence-electron chi connectivity index (χ3n) is 4.60. The van der Waals surface area contributed by atoms with Gasteiger partial charge < -0.3 is 5.32 Å². The molecular formula is C12H16N2O3. The zero-order chi connectivity index (χ0) is 12.2. The molecule has 5 heteroatoms. The summed E-state index contributed by atoms with van der Waals surface area (Å²) in [7, 11) is 1.51. The lowest BCUT2D eigenvalue weighted by atomic mass is 9.81. The fourth-order valence-corrected chi connectivity index (χ4v) is 3.85. The van der Waals surface area contributed by atoms with Crippen LogP contribution in [0.4, 0.5) is 0 Å². The molecule has 3 amide bonds. The van der Waals surface area contributed by atoms with Gasteiger partial charge in [0.1, 0.15) is 6.54 Å². The van der Waals surface area contributed by atoms with Gasteiger partial charge in [0.2, 0.25) is 17.7 Å². The van der Waals surface area contributed by atoms with Gasteiger partial charge in [-0.1, -0.05) is 0 Å². The fourth-order valence-electron chi connectivity index (χ4n) is 3.85. The lowest BCUT2D eigenvalue weighted by Gasteiger charge is -2.19. The molecule has 1 saturated heterocycles. The average molecular weight is 236 g/mol. The zero-order valence-electron chi connectivity index (χ0n) is 9.81. The number of nitrogens with zero attached hydrogens (tertiary/aromatic N) is 1. The summed E-state index contributed by atoms with van der Waals surface area (Å²) in [6.45, 7) is -0.111. The van der Waals surface area contributed by atoms with E-state index in [2.05, 4.69) is 5.32 Å². The van der Waals surface area contributed by atoms with Crippen LogP contribution in [0.3, 0.4) is 0 Å². The minimum absolute atomic E-state index is 0.111. The van der Waals surface area contributed by atoms with Crippen molar-refractivity contribution in [3.63, 3.8) is 0 Å². The van der Waals surface area contributed by atoms with Crippen molar-refractivity contribution in [1.82, 2.24) is 10.2 Å². The van der Waals surface area contributed by atoms with Gasteiger partial charge in [-0.05, 0) is 31.1 Å². The third kappa shape index (κ3) is 1.34. The van der Waals surface area contributed by atoms with E-state index < -0.39 is 0 Å². The maximum absolute atomic E-state index is 12.2. The van der Waals surface area contributed by atoms with Crippen LogP contribution in [-0.4, -0.2) is 36.2 Å². The maximum atomic E-state index is 12.2. The van der Waals surface area contributed by atoms with Gasteiger partial charge in [-0.3, -0.25) is 19.3 Å². The van der Waals surface area contributed by atoms with Crippen LogP contribution >= 0.6 is 0 Å². The maximum Gasteiger partial charge on any atom is 0.239 e. The fraction of sp³-hybridized carbons (Fsp3) is 0.750. The topological polar surface area (TPSA) is 66.5 Å². The summed E-state index contributed by atoms with van der Waals surface area (Å²) in [5, 5.41) is 2.45. The monoisotopic (exact) mass is 236 g/mol. The Balaban J connectivity index is 1.83. The molecule has 1 aliphatic heterocycles. The summed E-state index contributed by atoms with van der Waals surface area (Å²) in [6, 6.07) is 0. The largest absolute Gasteiger partial charge is 0.358 e. The van der Waals surface area contributed by atoms with Gasteiger partial charge in [0.25, 0.3) is 0 Å². The van der Waals surface area contributed by atoms with Crippen LogP contribution in [0.2, 0.25) is 0 Å². The molecule has 0 radical (unpaired) electrons. The predicted octanol–water partition coefficient (Wildman–Crippen LogP) is -0.237. The number of amides is 3. The number of nitrogens with one attached hydrogen (secondary N) is 1. The second-order valence-corrected chi connectivity index (χ2v) is 5.32. The number of hydrogen-bond donors (Lipinski definition) is 1. The van der Waals surface area contributed by atoms with E-state index in [1.807, 2.05) is 0 Å². The Kier molecular flexibility index (Phi) is 2.24. The molecule has 3 fully saturated rings. The van der Waals surface area contributed by atoms with Gasteiger partial charge in [0.15, 0.2) is 0 Å². The zero-order valence-corrected chi connectivity index (χ0v) is 9.81. The van der Waals surface area contributed by atoms with E-state index in [9.17, 15) is 14.4 Å². The van der Waals surface area contributed by atoms with Crippen LogP contribution in [0, 0.1) is 23.7 Å². The normalized spacial score (nSPS) is 38.8. The minimum Gasteiger partial charge on any atom is -0.358 e. The smallest absolute Gasteiger partial charge is 0.239 e. The summed E-state index contributed by atoms with van der Waals surface area (Å²) in [5.74, 6) is 0.0229. The summed E-state index contributed by atoms with van der Waals surface area (Å²) in [5.41, 5.74) is 0. The standard InChI is InChI=1S/C12H16N2O3/c1-13-8(15)5-14-11(16)9-6-2-3-7(4-6)10(9)12(14)17/h6-7,9-10H,2-5H2,1H3,(H,13,15)/t6-,7-,9-,10-/m0/s1. The van der Waals surface area contributed by atoms with E-state index in [-0.39, 0.29) is 36.1 Å². The SMILES string of the molecule is CNC(=O)CN1C(=O)[C@H]2[C@H]3CC[C@@H](C3)[C@@H]2C1=O. The molecule has 0 spiro atoms. The number of carbonyl (C=O) groups excluding carboxylic acids is 3. The Bertz CT molecular complexity index is 379. The van der Waals surface area contributed by atoms with E-state index in [1.54, 1.807) is 0 Å². The number of likely N-dealkylation sites (N-methyl/N-ethyl adjacent to an activating group) is 1. The second kappa shape index (κ2) is 3.55. The van der Waals surface area contributed by atoms with Crippen molar-refractivity contribution in [1.29, 1.82) is 0 Å². The van der Waals surface area contributed by atoms with E-state index in [0.29, 0.717) is 11.8 Å². The number of carbonyl (C=O) groups is 3. The molecule has 1 heterocycles. The first-order valence-electron chi connectivity index (χ1n) is 6.19. The number of likely N-dealkylation sites (tertiary alicyclic amines) is 1. The van der Waals surface area contributed by atoms with E-state index >= 15 is 0 Å². The Hall–Kier alpha value is -1.39. The minimum atomic E-state index is -0.279. The summed E-state index contributed by atoms with van der Waals surface area (Å²) in [4.78, 5) is 36.8. The first-order chi connectivity index (χ1) is 8.13. The molecule has 3 rings (SSSR count). The van der Waals surface area contributed by atoms with Crippen LogP contribution in [0.5, 0.6) is 0 Å². The third-order valence-corrected chi connectivity index (χ3v) is 4.60. The van der Waals surface area contributed by atoms with Crippen LogP contribution in [-0.2, 0) is 14.4 Å². The van der Waals surface area contributed by atoms with Gasteiger partial charge in [0, 0.05) is 7.05 Å². The lowest BCUT2D eigenvalue weighted by molar-refractivity contribution is -0.144. The Labute approximate surface area is 99.5 Å². The molecule has 0 unspecified atom stereocenters. The lowest BCUT2D eigenvalue weighted by Crippen LogP contribution is -2.40. The molecule has 2 saturated carbocycles. The van der Waals surface area contributed by atoms with Crippen molar-refractivity contribution in [2.24, 2.45) is 23.7 Å². The Morgan fingerprint density at radius 2 is 1.76 bits per heavy atom. The number of imide groups is 1. The summed E-state index contributed by atoms with van der Waals surface area (Å²) >= 11 is 0. The van der Waals surface area contributed by atoms with Gasteiger partial charge in [-0.2, -0.15) is 0 Å². The molecule has 0 aromatic heterocycles. The van der Waals surface area contributed by atoms with Gasteiger partial charge in [0.05, 0.1) is 11.8 Å². The first-order valence-corrected chi connectivity index (χ1v) is 6.19. The van der Waals surface area contributed by atoms with Crippen molar-refractivity contribution >= 4 is 17.7 Å². The molecule has 0 aromatic rings. The molecule has 92 valence electrons. The van der Waals surface area contributed by atoms with Crippen LogP contribution < -0.4 is 5.32 Å². The quantitative estimate of drug-likeness (QED) is 0.673. The molecule has 3 aliphatic rings. The summed E-state index contributed by atoms with van der Waals surface area (Å²) < 4.78 is 0. The van der Waals surface area contributed by atoms with Crippen molar-refractivity contribution in [2.45, 2.75) is 19.3 Å². The molecule has 4 atom stereocenters. The van der Waals surface area contributed by atoms with E-state index in [1.165, 1.54) is 11.9 Å². The highest BCUT2D eigenvalue weighted by Gasteiger charge is 2.60. The van der Waals surface area contributed by atoms with Crippen molar-refractivity contribution in [3.8, 4) is 0 Å². The molecule has 2 aliphatic carbocycles. The summed E-state index contributed by atoms with van der Waals surface area (Å²) in [6.07, 6.45) is 3.16. The molecule has 0 aromatic carbocycles. The van der Waals surface area contributed by atoms with Gasteiger partial charge in [-0.25, -0.2) is 0 Å². The van der Waals surface area contributed by atoms with Crippen LogP contribution in [0.25, 0.3) is 0 Å². The van der Waals surface area contributed by atoms with Crippen molar-refractivity contribution < 1.29 is 14.4 Å². The molecule has 1 N–H and O–H groups in total. The highest BCUT2D eigenvalue weighted by Crippen LogP contribution is 2.55. The van der Waals surface area contributed by atoms with Gasteiger partial charge >= 0.3 is 0 Å². The molecule has 17 heavy (non-hydrogen) atoms. The number of hydrogen-bond acceptors (Lipinski definition) is 3. The molecule has 2 bridgehead atoms. The highest BCUT2D eigenvalue weighted by molar-refractivity contribution is 6.08. The van der Waals surface area contributed by atoms with E-state index in [4.69, 9.17) is 0 Å². The second-order valence-electron chi connectivity index (χ2n) is 5.32. The molecular weight excluding hydrogens is 220 g/mol. The van der Waals surface area contributed by atoms with Crippen LogP contribution in [0.1, 0.15) is 19.3 Å². The average Bonchev–Trinajstić information content (AvgIpc) is 2.98.